The first-order chi connectivity index (χ1) is 18.4. The maximum atomic E-state index is 14.4. The number of amides is 3. The number of carbonyl (C=O) groups is 3. The molecule has 9 heteroatoms. The summed E-state index contributed by atoms with van der Waals surface area (Å²) < 4.78 is 6.68. The third-order valence-electron chi connectivity index (χ3n) is 8.25. The first-order valence-electron chi connectivity index (χ1n) is 13.6. The van der Waals surface area contributed by atoms with Crippen molar-refractivity contribution >= 4 is 35.0 Å². The van der Waals surface area contributed by atoms with E-state index in [0.29, 0.717) is 43.2 Å². The summed E-state index contributed by atoms with van der Waals surface area (Å²) in [6.45, 7) is 5.72. The fourth-order valence-electron chi connectivity index (χ4n) is 6.64. The Morgan fingerprint density at radius 2 is 1.87 bits per heavy atom. The number of unbranched alkanes of at least 4 members (excludes halogenated alkanes) is 2. The van der Waals surface area contributed by atoms with E-state index in [1.807, 2.05) is 50.3 Å². The lowest BCUT2D eigenvalue weighted by atomic mass is 9.77. The molecule has 1 N–H and O–H groups in total. The van der Waals surface area contributed by atoms with Gasteiger partial charge in [-0.1, -0.05) is 55.0 Å². The van der Waals surface area contributed by atoms with Gasteiger partial charge in [0.15, 0.2) is 0 Å². The molecule has 0 aromatic heterocycles. The number of aliphatic hydroxyl groups is 1. The topological polar surface area (TPSA) is 90.4 Å². The largest absolute Gasteiger partial charge is 0.396 e. The Morgan fingerprint density at radius 1 is 1.05 bits per heavy atom. The van der Waals surface area contributed by atoms with Gasteiger partial charge in [0.1, 0.15) is 11.6 Å². The quantitative estimate of drug-likeness (QED) is 0.403. The average molecular weight is 542 g/mol. The molecule has 4 aliphatic heterocycles. The lowest BCUT2D eigenvalue weighted by Gasteiger charge is -2.36. The number of halogens is 1. The van der Waals surface area contributed by atoms with Gasteiger partial charge in [0.25, 0.3) is 5.91 Å². The van der Waals surface area contributed by atoms with Crippen molar-refractivity contribution in [3.05, 3.63) is 53.1 Å². The Hall–Kier alpha value is -2.68. The van der Waals surface area contributed by atoms with Crippen LogP contribution in [0.5, 0.6) is 0 Å². The lowest BCUT2D eigenvalue weighted by molar-refractivity contribution is -0.144. The van der Waals surface area contributed by atoms with Crippen LogP contribution in [0.15, 0.2) is 42.5 Å². The Kier molecular flexibility index (Phi) is 7.67. The highest BCUT2D eigenvalue weighted by molar-refractivity contribution is 6.34. The minimum Gasteiger partial charge on any atom is -0.396 e. The number of aryl methyl sites for hydroxylation is 1. The molecule has 38 heavy (non-hydrogen) atoms. The molecule has 4 aliphatic rings. The van der Waals surface area contributed by atoms with Gasteiger partial charge < -0.3 is 24.5 Å². The maximum absolute atomic E-state index is 14.4. The molecule has 5 atom stereocenters. The van der Waals surface area contributed by atoms with Crippen molar-refractivity contribution < 1.29 is 24.2 Å². The number of hydrogen-bond acceptors (Lipinski definition) is 5. The van der Waals surface area contributed by atoms with Crippen LogP contribution in [-0.4, -0.2) is 83.2 Å². The maximum Gasteiger partial charge on any atom is 0.253 e. The average Bonchev–Trinajstić information content (AvgIpc) is 3.20. The second kappa shape index (κ2) is 10.8. The first kappa shape index (κ1) is 26.9. The van der Waals surface area contributed by atoms with E-state index < -0.39 is 29.6 Å². The smallest absolute Gasteiger partial charge is 0.253 e. The SMILES string of the molecule is CCCN1CC=C[C@@H]2O[C@]34C=CCN(c5c(C)cccc5Cl)C(=O)C3N(CCCCCO)C(=O)[C@@H]4[C@@H]2C1=O. The second-order valence-corrected chi connectivity index (χ2v) is 11.0. The van der Waals surface area contributed by atoms with Crippen molar-refractivity contribution in [2.45, 2.75) is 57.3 Å². The van der Waals surface area contributed by atoms with Crippen LogP contribution in [-0.2, 0) is 19.1 Å². The fourth-order valence-corrected chi connectivity index (χ4v) is 6.96. The molecule has 5 rings (SSSR count). The third-order valence-corrected chi connectivity index (χ3v) is 8.56. The summed E-state index contributed by atoms with van der Waals surface area (Å²) in [5.74, 6) is -2.06. The molecule has 2 fully saturated rings. The number of fused-ring (bicyclic) bond motifs is 2. The fraction of sp³-hybridized carbons (Fsp3) is 0.552. The van der Waals surface area contributed by atoms with Crippen molar-refractivity contribution in [1.29, 1.82) is 0 Å². The molecule has 0 aliphatic carbocycles. The predicted molar refractivity (Wildman–Crippen MR) is 145 cm³/mol. The molecule has 4 heterocycles. The molecule has 0 bridgehead atoms. The van der Waals surface area contributed by atoms with E-state index in [0.717, 1.165) is 18.4 Å². The highest BCUT2D eigenvalue weighted by atomic mass is 35.5. The zero-order valence-electron chi connectivity index (χ0n) is 22.0. The van der Waals surface area contributed by atoms with Crippen LogP contribution < -0.4 is 4.90 Å². The van der Waals surface area contributed by atoms with E-state index in [9.17, 15) is 19.5 Å². The number of ether oxygens (including phenoxy) is 1. The molecule has 1 aromatic rings. The first-order valence-corrected chi connectivity index (χ1v) is 14.0. The molecule has 0 saturated carbocycles. The van der Waals surface area contributed by atoms with Gasteiger partial charge in [-0.25, -0.2) is 0 Å². The van der Waals surface area contributed by atoms with Gasteiger partial charge in [-0.05, 0) is 44.2 Å². The highest BCUT2D eigenvalue weighted by Gasteiger charge is 2.71. The molecule has 204 valence electrons. The lowest BCUT2D eigenvalue weighted by Crippen LogP contribution is -2.55. The molecule has 8 nitrogen and oxygen atoms in total. The molecular formula is C29H36ClN3O5. The van der Waals surface area contributed by atoms with Gasteiger partial charge in [0.05, 0.1) is 28.6 Å². The Balaban J connectivity index is 1.58. The van der Waals surface area contributed by atoms with Crippen LogP contribution in [0.2, 0.25) is 5.02 Å². The standard InChI is InChI=1S/C29H36ClN3O5/c1-3-14-31-15-8-12-21-22(26(31)35)23-27(36)33(16-5-4-6-18-34)25-28(37)32(17-9-13-29(23,25)38-21)24-19(2)10-7-11-20(24)30/h7-13,21-23,25,34H,3-6,14-18H2,1-2H3/t21-,22+,23-,25?,29-/m0/s1. The van der Waals surface area contributed by atoms with Crippen molar-refractivity contribution in [3.63, 3.8) is 0 Å². The van der Waals surface area contributed by atoms with Crippen molar-refractivity contribution in [3.8, 4) is 0 Å². The minimum absolute atomic E-state index is 0.0755. The molecular weight excluding hydrogens is 506 g/mol. The van der Waals surface area contributed by atoms with Gasteiger partial charge in [-0.2, -0.15) is 0 Å². The second-order valence-electron chi connectivity index (χ2n) is 10.6. The molecule has 1 unspecified atom stereocenters. The van der Waals surface area contributed by atoms with E-state index in [-0.39, 0.29) is 30.9 Å². The van der Waals surface area contributed by atoms with Crippen molar-refractivity contribution in [1.82, 2.24) is 9.80 Å². The zero-order chi connectivity index (χ0) is 27.0. The van der Waals surface area contributed by atoms with Crippen LogP contribution in [0, 0.1) is 18.8 Å². The third kappa shape index (κ3) is 4.27. The number of benzene rings is 1. The summed E-state index contributed by atoms with van der Waals surface area (Å²) in [6.07, 6.45) is 9.77. The molecule has 2 saturated heterocycles. The number of para-hydroxylation sites is 1. The van der Waals surface area contributed by atoms with Gasteiger partial charge >= 0.3 is 0 Å². The van der Waals surface area contributed by atoms with E-state index in [2.05, 4.69) is 0 Å². The summed E-state index contributed by atoms with van der Waals surface area (Å²) >= 11 is 6.59. The Morgan fingerprint density at radius 3 is 2.61 bits per heavy atom. The van der Waals surface area contributed by atoms with Crippen LogP contribution in [0.25, 0.3) is 0 Å². The number of likely N-dealkylation sites (tertiary alicyclic amines) is 1. The van der Waals surface area contributed by atoms with E-state index in [1.165, 1.54) is 0 Å². The van der Waals surface area contributed by atoms with Gasteiger partial charge in [-0.15, -0.1) is 0 Å². The minimum atomic E-state index is -1.25. The number of hydrogen-bond donors (Lipinski definition) is 1. The monoisotopic (exact) mass is 541 g/mol. The summed E-state index contributed by atoms with van der Waals surface area (Å²) in [7, 11) is 0. The molecule has 1 spiro atoms. The number of aliphatic hydroxyl groups excluding tert-OH is 1. The van der Waals surface area contributed by atoms with Crippen molar-refractivity contribution in [2.24, 2.45) is 11.8 Å². The molecule has 1 aromatic carbocycles. The van der Waals surface area contributed by atoms with Crippen molar-refractivity contribution in [2.75, 3.05) is 37.7 Å². The Labute approximate surface area is 228 Å². The summed E-state index contributed by atoms with van der Waals surface area (Å²) in [4.78, 5) is 47.5. The number of rotatable bonds is 8. The molecule has 3 amide bonds. The predicted octanol–water partition coefficient (Wildman–Crippen LogP) is 3.10. The van der Waals surface area contributed by atoms with Crippen LogP contribution in [0.1, 0.15) is 38.2 Å². The van der Waals surface area contributed by atoms with E-state index in [4.69, 9.17) is 16.3 Å². The normalized spacial score (nSPS) is 30.4. The summed E-state index contributed by atoms with van der Waals surface area (Å²) in [6, 6.07) is 4.59. The van der Waals surface area contributed by atoms with Gasteiger partial charge in [0, 0.05) is 32.8 Å². The summed E-state index contributed by atoms with van der Waals surface area (Å²) in [5, 5.41) is 9.70. The summed E-state index contributed by atoms with van der Waals surface area (Å²) in [5.41, 5.74) is 0.227. The van der Waals surface area contributed by atoms with Gasteiger partial charge in [0.2, 0.25) is 11.8 Å². The van der Waals surface area contributed by atoms with E-state index >= 15 is 0 Å². The van der Waals surface area contributed by atoms with Crippen LogP contribution in [0.4, 0.5) is 5.69 Å². The number of carbonyl (C=O) groups excluding carboxylic acids is 3. The Bertz CT molecular complexity index is 1150. The van der Waals surface area contributed by atoms with E-state index in [1.54, 1.807) is 20.8 Å². The molecule has 0 radical (unpaired) electrons. The number of nitrogens with zero attached hydrogens (tertiary/aromatic N) is 3. The van der Waals surface area contributed by atoms with Gasteiger partial charge in [-0.3, -0.25) is 14.4 Å². The van der Waals surface area contributed by atoms with Crippen LogP contribution in [0.3, 0.4) is 0 Å². The van der Waals surface area contributed by atoms with Crippen LogP contribution >= 0.6 is 11.6 Å². The number of anilines is 1. The zero-order valence-corrected chi connectivity index (χ0v) is 22.8. The highest BCUT2D eigenvalue weighted by Crippen LogP contribution is 2.54.